The van der Waals surface area contributed by atoms with Crippen LogP contribution >= 0.6 is 11.6 Å². The van der Waals surface area contributed by atoms with Crippen molar-refractivity contribution < 1.29 is 4.79 Å². The monoisotopic (exact) mass is 251 g/mol. The molecule has 4 nitrogen and oxygen atoms in total. The molecule has 0 aromatic carbocycles. The fraction of sp³-hybridized carbons (Fsp3) is 0.333. The van der Waals surface area contributed by atoms with Crippen LogP contribution in [0, 0.1) is 0 Å². The lowest BCUT2D eigenvalue weighted by Crippen LogP contribution is -2.25. The Morgan fingerprint density at radius 3 is 2.88 bits per heavy atom. The highest BCUT2D eigenvalue weighted by molar-refractivity contribution is 6.29. The summed E-state index contributed by atoms with van der Waals surface area (Å²) in [5.41, 5.74) is 2.10. The van der Waals surface area contributed by atoms with E-state index in [0.29, 0.717) is 11.7 Å². The van der Waals surface area contributed by atoms with Crippen LogP contribution in [0.3, 0.4) is 0 Å². The Balaban J connectivity index is 2.07. The molecular formula is C12H14ClN3O. The van der Waals surface area contributed by atoms with Crippen LogP contribution in [-0.2, 0) is 11.3 Å². The molecule has 1 amide bonds. The maximum absolute atomic E-state index is 11.1. The quantitative estimate of drug-likeness (QED) is 0.827. The maximum Gasteiger partial charge on any atom is 0.246 e. The van der Waals surface area contributed by atoms with Crippen LogP contribution in [0.4, 0.5) is 0 Å². The third kappa shape index (κ3) is 2.97. The first-order valence-electron chi connectivity index (χ1n) is 5.53. The number of nitrogens with zero attached hydrogens (tertiary/aromatic N) is 2. The van der Waals surface area contributed by atoms with E-state index >= 15 is 0 Å². The fourth-order valence-electron chi connectivity index (χ4n) is 1.77. The Labute approximate surface area is 105 Å². The molecule has 17 heavy (non-hydrogen) atoms. The van der Waals surface area contributed by atoms with Crippen LogP contribution in [0.15, 0.2) is 30.1 Å². The highest BCUT2D eigenvalue weighted by Gasteiger charge is 2.16. The van der Waals surface area contributed by atoms with E-state index in [1.54, 1.807) is 18.3 Å². The van der Waals surface area contributed by atoms with Gasteiger partial charge in [0.25, 0.3) is 0 Å². The minimum absolute atomic E-state index is 0.0207. The van der Waals surface area contributed by atoms with Crippen LogP contribution in [0.5, 0.6) is 0 Å². The molecule has 2 rings (SSSR count). The summed E-state index contributed by atoms with van der Waals surface area (Å²) in [5.74, 6) is -0.0207. The van der Waals surface area contributed by atoms with Gasteiger partial charge in [-0.05, 0) is 18.6 Å². The van der Waals surface area contributed by atoms with Crippen molar-refractivity contribution in [3.63, 3.8) is 0 Å². The number of pyridine rings is 1. The van der Waals surface area contributed by atoms with Gasteiger partial charge in [0.15, 0.2) is 0 Å². The number of likely N-dealkylation sites (N-methyl/N-ethyl adjacent to an activating group) is 1. The van der Waals surface area contributed by atoms with Crippen molar-refractivity contribution >= 4 is 17.5 Å². The van der Waals surface area contributed by atoms with E-state index < -0.39 is 0 Å². The van der Waals surface area contributed by atoms with Gasteiger partial charge < -0.3 is 10.2 Å². The molecule has 5 heteroatoms. The molecule has 1 aromatic heterocycles. The summed E-state index contributed by atoms with van der Waals surface area (Å²) in [4.78, 5) is 17.3. The Kier molecular flexibility index (Phi) is 3.64. The fourth-order valence-corrected chi connectivity index (χ4v) is 1.88. The molecule has 1 aliphatic heterocycles. The normalized spacial score (nSPS) is 14.5. The zero-order valence-corrected chi connectivity index (χ0v) is 10.4. The summed E-state index contributed by atoms with van der Waals surface area (Å²) in [5, 5.41) is 3.26. The molecule has 0 aliphatic carbocycles. The predicted molar refractivity (Wildman–Crippen MR) is 66.4 cm³/mol. The number of carbonyl (C=O) groups excluding carboxylic acids is 1. The van der Waals surface area contributed by atoms with Gasteiger partial charge in [-0.3, -0.25) is 4.79 Å². The van der Waals surface area contributed by atoms with Gasteiger partial charge in [0.2, 0.25) is 5.91 Å². The number of hydrogen-bond donors (Lipinski definition) is 1. The van der Waals surface area contributed by atoms with Gasteiger partial charge in [0.05, 0.1) is 6.54 Å². The highest BCUT2D eigenvalue weighted by Crippen LogP contribution is 2.13. The van der Waals surface area contributed by atoms with Crippen LogP contribution in [0.2, 0.25) is 5.15 Å². The lowest BCUT2D eigenvalue weighted by atomic mass is 10.2. The van der Waals surface area contributed by atoms with Crippen molar-refractivity contribution in [1.82, 2.24) is 15.2 Å². The second-order valence-corrected chi connectivity index (χ2v) is 4.24. The zero-order chi connectivity index (χ0) is 12.3. The largest absolute Gasteiger partial charge is 0.369 e. The second-order valence-electron chi connectivity index (χ2n) is 3.86. The first kappa shape index (κ1) is 11.9. The lowest BCUT2D eigenvalue weighted by Gasteiger charge is -2.23. The first-order valence-corrected chi connectivity index (χ1v) is 5.90. The molecule has 90 valence electrons. The van der Waals surface area contributed by atoms with Gasteiger partial charge >= 0.3 is 0 Å². The van der Waals surface area contributed by atoms with Crippen molar-refractivity contribution in [1.29, 1.82) is 0 Å². The summed E-state index contributed by atoms with van der Waals surface area (Å²) >= 11 is 5.74. The molecule has 0 radical (unpaired) electrons. The van der Waals surface area contributed by atoms with Crippen molar-refractivity contribution in [2.24, 2.45) is 0 Å². The van der Waals surface area contributed by atoms with Crippen molar-refractivity contribution in [3.05, 3.63) is 40.8 Å². The van der Waals surface area contributed by atoms with Gasteiger partial charge in [-0.15, -0.1) is 0 Å². The number of aromatic nitrogens is 1. The Morgan fingerprint density at radius 1 is 1.53 bits per heavy atom. The number of halogens is 1. The van der Waals surface area contributed by atoms with E-state index in [1.165, 1.54) is 0 Å². The average Bonchev–Trinajstić information content (AvgIpc) is 2.75. The van der Waals surface area contributed by atoms with Gasteiger partial charge in [-0.25, -0.2) is 4.98 Å². The van der Waals surface area contributed by atoms with Crippen molar-refractivity contribution in [2.75, 3.05) is 13.1 Å². The predicted octanol–water partition coefficient (Wildman–Crippen LogP) is 1.57. The third-order valence-electron chi connectivity index (χ3n) is 2.69. The van der Waals surface area contributed by atoms with E-state index in [2.05, 4.69) is 22.1 Å². The van der Waals surface area contributed by atoms with Crippen LogP contribution in [0.25, 0.3) is 0 Å². The number of rotatable bonds is 4. The number of nitrogens with one attached hydrogen (secondary N) is 1. The lowest BCUT2D eigenvalue weighted by molar-refractivity contribution is -0.115. The van der Waals surface area contributed by atoms with E-state index in [0.717, 1.165) is 24.4 Å². The highest BCUT2D eigenvalue weighted by atomic mass is 35.5. The van der Waals surface area contributed by atoms with Crippen LogP contribution < -0.4 is 5.32 Å². The minimum Gasteiger partial charge on any atom is -0.369 e. The zero-order valence-electron chi connectivity index (χ0n) is 9.61. The summed E-state index contributed by atoms with van der Waals surface area (Å²) in [7, 11) is 0. The van der Waals surface area contributed by atoms with Gasteiger partial charge in [0, 0.05) is 31.1 Å². The average molecular weight is 252 g/mol. The summed E-state index contributed by atoms with van der Waals surface area (Å²) < 4.78 is 0. The van der Waals surface area contributed by atoms with Crippen molar-refractivity contribution in [2.45, 2.75) is 13.5 Å². The van der Waals surface area contributed by atoms with E-state index in [1.807, 2.05) is 6.07 Å². The smallest absolute Gasteiger partial charge is 0.246 e. The number of amides is 1. The topological polar surface area (TPSA) is 45.2 Å². The molecule has 0 atom stereocenters. The van der Waals surface area contributed by atoms with Crippen LogP contribution in [0.1, 0.15) is 12.5 Å². The van der Waals surface area contributed by atoms with Crippen LogP contribution in [-0.4, -0.2) is 28.9 Å². The summed E-state index contributed by atoms with van der Waals surface area (Å²) in [6.07, 6.45) is 3.41. The van der Waals surface area contributed by atoms with Gasteiger partial charge in [0.1, 0.15) is 5.15 Å². The molecule has 1 aliphatic rings. The molecule has 2 heterocycles. The molecular weight excluding hydrogens is 238 g/mol. The molecule has 0 bridgehead atoms. The van der Waals surface area contributed by atoms with E-state index in [-0.39, 0.29) is 5.91 Å². The molecule has 0 fully saturated rings. The van der Waals surface area contributed by atoms with E-state index in [4.69, 9.17) is 11.6 Å². The summed E-state index contributed by atoms with van der Waals surface area (Å²) in [6, 6.07) is 3.72. The molecule has 1 N–H and O–H groups in total. The Morgan fingerprint density at radius 2 is 2.35 bits per heavy atom. The summed E-state index contributed by atoms with van der Waals surface area (Å²) in [6.45, 7) is 4.26. The molecule has 0 unspecified atom stereocenters. The maximum atomic E-state index is 11.1. The molecule has 0 saturated carbocycles. The first-order chi connectivity index (χ1) is 8.19. The third-order valence-corrected chi connectivity index (χ3v) is 2.92. The number of carbonyl (C=O) groups is 1. The van der Waals surface area contributed by atoms with Gasteiger partial charge in [-0.2, -0.15) is 0 Å². The Hall–Kier alpha value is -1.55. The van der Waals surface area contributed by atoms with Gasteiger partial charge in [-0.1, -0.05) is 17.7 Å². The van der Waals surface area contributed by atoms with Crippen molar-refractivity contribution in [3.8, 4) is 0 Å². The SMILES string of the molecule is CCN(Cc1ccc(Cl)nc1)C1=CC(=O)NC1. The molecule has 0 saturated heterocycles. The second kappa shape index (κ2) is 5.19. The van der Waals surface area contributed by atoms with E-state index in [9.17, 15) is 4.79 Å². The molecule has 1 aromatic rings. The molecule has 0 spiro atoms. The Bertz CT molecular complexity index is 442. The number of hydrogen-bond acceptors (Lipinski definition) is 3. The minimum atomic E-state index is -0.0207. The standard InChI is InChI=1S/C12H14ClN3O/c1-2-16(10-5-12(17)15-7-10)8-9-3-4-11(13)14-6-9/h3-6H,2,7-8H2,1H3,(H,15,17).